The summed E-state index contributed by atoms with van der Waals surface area (Å²) in [6, 6.07) is 5.62. The van der Waals surface area contributed by atoms with E-state index in [0.717, 1.165) is 5.56 Å². The van der Waals surface area contributed by atoms with Crippen molar-refractivity contribution in [2.24, 2.45) is 0 Å². The molecular weight excluding hydrogens is 216 g/mol. The molecule has 0 aromatic carbocycles. The topological polar surface area (TPSA) is 69.0 Å². The van der Waals surface area contributed by atoms with E-state index < -0.39 is 0 Å². The van der Waals surface area contributed by atoms with E-state index in [-0.39, 0.29) is 12.5 Å². The molecule has 0 unspecified atom stereocenters. The lowest BCUT2D eigenvalue weighted by atomic mass is 10.2. The second-order valence-corrected chi connectivity index (χ2v) is 3.63. The van der Waals surface area contributed by atoms with E-state index in [0.29, 0.717) is 18.8 Å². The Kier molecular flexibility index (Phi) is 5.11. The van der Waals surface area contributed by atoms with Crippen molar-refractivity contribution in [3.8, 4) is 6.07 Å². The maximum atomic E-state index is 11.5. The first-order valence-electron chi connectivity index (χ1n) is 5.47. The molecule has 0 aliphatic rings. The first-order chi connectivity index (χ1) is 8.19. The average molecular weight is 232 g/mol. The van der Waals surface area contributed by atoms with E-state index in [2.05, 4.69) is 10.3 Å². The summed E-state index contributed by atoms with van der Waals surface area (Å²) in [7, 11) is 1.76. The molecule has 1 N–H and O–H groups in total. The van der Waals surface area contributed by atoms with Crippen LogP contribution in [-0.4, -0.2) is 35.9 Å². The molecule has 1 heterocycles. The summed E-state index contributed by atoms with van der Waals surface area (Å²) in [4.78, 5) is 17.1. The molecule has 17 heavy (non-hydrogen) atoms. The number of rotatable bonds is 5. The number of hydrogen-bond acceptors (Lipinski definition) is 4. The van der Waals surface area contributed by atoms with E-state index in [1.54, 1.807) is 24.2 Å². The minimum absolute atomic E-state index is 0.0369. The maximum absolute atomic E-state index is 11.5. The molecule has 1 aromatic rings. The normalized spacial score (nSPS) is 9.71. The third-order valence-electron chi connectivity index (χ3n) is 2.49. The van der Waals surface area contributed by atoms with Crippen LogP contribution in [0, 0.1) is 11.3 Å². The first kappa shape index (κ1) is 13.1. The van der Waals surface area contributed by atoms with Crippen molar-refractivity contribution in [2.75, 3.05) is 20.1 Å². The van der Waals surface area contributed by atoms with Gasteiger partial charge in [-0.2, -0.15) is 5.26 Å². The van der Waals surface area contributed by atoms with Gasteiger partial charge in [-0.05, 0) is 13.0 Å². The Morgan fingerprint density at radius 3 is 3.06 bits per heavy atom. The standard InChI is InChI=1S/C12H16N4O/c1-3-16(2)12(17)9-14-8-10-5-4-6-15-11(10)7-13/h4-6,14H,3,8-9H2,1-2H3. The van der Waals surface area contributed by atoms with Crippen LogP contribution in [0.3, 0.4) is 0 Å². The lowest BCUT2D eigenvalue weighted by molar-refractivity contribution is -0.128. The van der Waals surface area contributed by atoms with Crippen LogP contribution in [0.4, 0.5) is 0 Å². The summed E-state index contributed by atoms with van der Waals surface area (Å²) in [5.41, 5.74) is 1.21. The van der Waals surface area contributed by atoms with Crippen LogP contribution in [0.25, 0.3) is 0 Å². The van der Waals surface area contributed by atoms with Crippen molar-refractivity contribution in [3.63, 3.8) is 0 Å². The largest absolute Gasteiger partial charge is 0.345 e. The third kappa shape index (κ3) is 3.85. The number of hydrogen-bond donors (Lipinski definition) is 1. The number of likely N-dealkylation sites (N-methyl/N-ethyl adjacent to an activating group) is 1. The van der Waals surface area contributed by atoms with Crippen molar-refractivity contribution in [2.45, 2.75) is 13.5 Å². The van der Waals surface area contributed by atoms with Crippen LogP contribution in [0.5, 0.6) is 0 Å². The smallest absolute Gasteiger partial charge is 0.236 e. The number of nitrogens with zero attached hydrogens (tertiary/aromatic N) is 3. The molecule has 1 rings (SSSR count). The van der Waals surface area contributed by atoms with E-state index in [1.807, 2.05) is 19.1 Å². The highest BCUT2D eigenvalue weighted by atomic mass is 16.2. The second kappa shape index (κ2) is 6.61. The zero-order chi connectivity index (χ0) is 12.7. The van der Waals surface area contributed by atoms with Gasteiger partial charge in [-0.25, -0.2) is 4.98 Å². The Morgan fingerprint density at radius 1 is 1.65 bits per heavy atom. The first-order valence-corrected chi connectivity index (χ1v) is 5.47. The molecule has 5 heteroatoms. The van der Waals surface area contributed by atoms with Crippen molar-refractivity contribution in [1.29, 1.82) is 5.26 Å². The van der Waals surface area contributed by atoms with Crippen molar-refractivity contribution in [1.82, 2.24) is 15.2 Å². The van der Waals surface area contributed by atoms with Gasteiger partial charge in [0.15, 0.2) is 0 Å². The predicted molar refractivity (Wildman–Crippen MR) is 64.0 cm³/mol. The van der Waals surface area contributed by atoms with Gasteiger partial charge < -0.3 is 10.2 Å². The van der Waals surface area contributed by atoms with Crippen LogP contribution in [-0.2, 0) is 11.3 Å². The fourth-order valence-electron chi connectivity index (χ4n) is 1.30. The summed E-state index contributed by atoms with van der Waals surface area (Å²) in [5.74, 6) is 0.0369. The van der Waals surface area contributed by atoms with Gasteiger partial charge in [0.1, 0.15) is 11.8 Å². The van der Waals surface area contributed by atoms with Gasteiger partial charge in [-0.1, -0.05) is 6.07 Å². The molecule has 0 saturated heterocycles. The SMILES string of the molecule is CCN(C)C(=O)CNCc1cccnc1C#N. The van der Waals surface area contributed by atoms with Crippen LogP contribution in [0.2, 0.25) is 0 Å². The predicted octanol–water partition coefficient (Wildman–Crippen LogP) is 0.521. The summed E-state index contributed by atoms with van der Waals surface area (Å²) in [6.45, 7) is 3.35. The Bertz CT molecular complexity index is 425. The fraction of sp³-hybridized carbons (Fsp3) is 0.417. The number of carbonyl (C=O) groups excluding carboxylic acids is 1. The van der Waals surface area contributed by atoms with Gasteiger partial charge in [0.25, 0.3) is 0 Å². The van der Waals surface area contributed by atoms with Gasteiger partial charge in [-0.15, -0.1) is 0 Å². The number of carbonyl (C=O) groups is 1. The molecule has 1 aromatic heterocycles. The zero-order valence-corrected chi connectivity index (χ0v) is 10.1. The van der Waals surface area contributed by atoms with Gasteiger partial charge in [0.2, 0.25) is 5.91 Å². The number of nitriles is 1. The highest BCUT2D eigenvalue weighted by Crippen LogP contribution is 2.02. The number of amides is 1. The summed E-state index contributed by atoms with van der Waals surface area (Å²) in [5, 5.41) is 11.8. The molecule has 0 aliphatic heterocycles. The van der Waals surface area contributed by atoms with Gasteiger partial charge in [0, 0.05) is 31.9 Å². The molecule has 0 fully saturated rings. The minimum atomic E-state index is 0.0369. The second-order valence-electron chi connectivity index (χ2n) is 3.63. The lowest BCUT2D eigenvalue weighted by Crippen LogP contribution is -2.35. The number of nitrogens with one attached hydrogen (secondary N) is 1. The zero-order valence-electron chi connectivity index (χ0n) is 10.1. The molecule has 5 nitrogen and oxygen atoms in total. The monoisotopic (exact) mass is 232 g/mol. The van der Waals surface area contributed by atoms with Crippen LogP contribution in [0.1, 0.15) is 18.2 Å². The molecule has 0 saturated carbocycles. The van der Waals surface area contributed by atoms with E-state index >= 15 is 0 Å². The summed E-state index contributed by atoms with van der Waals surface area (Å²) in [6.07, 6.45) is 1.58. The van der Waals surface area contributed by atoms with Gasteiger partial charge in [-0.3, -0.25) is 4.79 Å². The third-order valence-corrected chi connectivity index (χ3v) is 2.49. The van der Waals surface area contributed by atoms with Gasteiger partial charge >= 0.3 is 0 Å². The Hall–Kier alpha value is -1.93. The highest BCUT2D eigenvalue weighted by molar-refractivity contribution is 5.77. The molecule has 0 spiro atoms. The van der Waals surface area contributed by atoms with Crippen molar-refractivity contribution < 1.29 is 4.79 Å². The fourth-order valence-corrected chi connectivity index (χ4v) is 1.30. The minimum Gasteiger partial charge on any atom is -0.345 e. The molecule has 90 valence electrons. The van der Waals surface area contributed by atoms with Crippen molar-refractivity contribution >= 4 is 5.91 Å². The quantitative estimate of drug-likeness (QED) is 0.803. The van der Waals surface area contributed by atoms with Crippen LogP contribution in [0.15, 0.2) is 18.3 Å². The van der Waals surface area contributed by atoms with Gasteiger partial charge in [0.05, 0.1) is 6.54 Å². The van der Waals surface area contributed by atoms with Crippen molar-refractivity contribution in [3.05, 3.63) is 29.6 Å². The van der Waals surface area contributed by atoms with Crippen LogP contribution >= 0.6 is 0 Å². The number of aromatic nitrogens is 1. The maximum Gasteiger partial charge on any atom is 0.236 e. The van der Waals surface area contributed by atoms with Crippen LogP contribution < -0.4 is 5.32 Å². The summed E-state index contributed by atoms with van der Waals surface area (Å²) >= 11 is 0. The Balaban J connectivity index is 2.47. The molecule has 1 amide bonds. The number of pyridine rings is 1. The van der Waals surface area contributed by atoms with E-state index in [1.165, 1.54) is 0 Å². The van der Waals surface area contributed by atoms with E-state index in [4.69, 9.17) is 5.26 Å². The lowest BCUT2D eigenvalue weighted by Gasteiger charge is -2.14. The molecule has 0 aliphatic carbocycles. The molecule has 0 radical (unpaired) electrons. The average Bonchev–Trinajstić information content (AvgIpc) is 2.38. The molecule has 0 atom stereocenters. The molecular formula is C12H16N4O. The molecule has 0 bridgehead atoms. The highest BCUT2D eigenvalue weighted by Gasteiger charge is 2.06. The Labute approximate surface area is 101 Å². The van der Waals surface area contributed by atoms with E-state index in [9.17, 15) is 4.79 Å². The summed E-state index contributed by atoms with van der Waals surface area (Å²) < 4.78 is 0. The Morgan fingerprint density at radius 2 is 2.41 bits per heavy atom.